The maximum absolute atomic E-state index is 11.8. The predicted octanol–water partition coefficient (Wildman–Crippen LogP) is 1.45. The first-order valence-corrected chi connectivity index (χ1v) is 7.88. The fourth-order valence-electron chi connectivity index (χ4n) is 3.02. The lowest BCUT2D eigenvalue weighted by atomic mass is 10.0. The number of carbonyl (C=O) groups is 1. The molecule has 1 amide bonds. The molecule has 1 atom stereocenters. The van der Waals surface area contributed by atoms with Crippen molar-refractivity contribution in [2.45, 2.75) is 38.6 Å². The van der Waals surface area contributed by atoms with Crippen LogP contribution in [0.2, 0.25) is 0 Å². The minimum atomic E-state index is 0. The Morgan fingerprint density at radius 1 is 1.41 bits per heavy atom. The summed E-state index contributed by atoms with van der Waals surface area (Å²) in [4.78, 5) is 14.2. The van der Waals surface area contributed by atoms with Crippen LogP contribution in [0.25, 0.3) is 0 Å². The van der Waals surface area contributed by atoms with Crippen LogP contribution in [0.4, 0.5) is 0 Å². The van der Waals surface area contributed by atoms with Crippen molar-refractivity contribution < 1.29 is 9.53 Å². The smallest absolute Gasteiger partial charge is 0.220 e. The molecule has 132 valence electrons. The molecule has 2 saturated heterocycles. The van der Waals surface area contributed by atoms with E-state index in [0.717, 1.165) is 52.4 Å². The van der Waals surface area contributed by atoms with E-state index >= 15 is 0 Å². The quantitative estimate of drug-likeness (QED) is 0.756. The van der Waals surface area contributed by atoms with E-state index in [2.05, 4.69) is 29.4 Å². The number of nitrogens with zero attached hydrogens (tertiary/aromatic N) is 1. The molecule has 2 N–H and O–H groups in total. The number of hydrogen-bond donors (Lipinski definition) is 2. The van der Waals surface area contributed by atoms with Crippen molar-refractivity contribution >= 4 is 30.7 Å². The Morgan fingerprint density at radius 2 is 2.18 bits per heavy atom. The van der Waals surface area contributed by atoms with Crippen molar-refractivity contribution in [1.29, 1.82) is 0 Å². The molecule has 2 aliphatic rings. The molecule has 0 saturated carbocycles. The number of halogens is 2. The Balaban J connectivity index is 0.00000220. The summed E-state index contributed by atoms with van der Waals surface area (Å²) < 4.78 is 5.50. The molecule has 0 aliphatic carbocycles. The van der Waals surface area contributed by atoms with E-state index in [-0.39, 0.29) is 36.3 Å². The summed E-state index contributed by atoms with van der Waals surface area (Å²) in [5, 5.41) is 6.39. The van der Waals surface area contributed by atoms with Crippen LogP contribution >= 0.6 is 24.8 Å². The minimum absolute atomic E-state index is 0. The van der Waals surface area contributed by atoms with Crippen LogP contribution in [0.15, 0.2) is 0 Å². The van der Waals surface area contributed by atoms with Crippen molar-refractivity contribution in [1.82, 2.24) is 15.5 Å². The molecule has 5 nitrogen and oxygen atoms in total. The first kappa shape index (κ1) is 21.9. The second-order valence-corrected chi connectivity index (χ2v) is 6.60. The van der Waals surface area contributed by atoms with Crippen LogP contribution < -0.4 is 10.6 Å². The van der Waals surface area contributed by atoms with Gasteiger partial charge in [0.15, 0.2) is 0 Å². The molecule has 0 aromatic heterocycles. The van der Waals surface area contributed by atoms with Gasteiger partial charge in [-0.25, -0.2) is 0 Å². The monoisotopic (exact) mass is 355 g/mol. The van der Waals surface area contributed by atoms with Crippen LogP contribution in [0.5, 0.6) is 0 Å². The summed E-state index contributed by atoms with van der Waals surface area (Å²) in [6, 6.07) is 0. The zero-order chi connectivity index (χ0) is 14.4. The lowest BCUT2D eigenvalue weighted by molar-refractivity contribution is -0.121. The second kappa shape index (κ2) is 10.7. The van der Waals surface area contributed by atoms with E-state index < -0.39 is 0 Å². The maximum Gasteiger partial charge on any atom is 0.220 e. The molecule has 22 heavy (non-hydrogen) atoms. The molecular formula is C15H31Cl2N3O2. The van der Waals surface area contributed by atoms with Gasteiger partial charge in [-0.15, -0.1) is 24.8 Å². The number of rotatable bonds is 6. The number of carbonyl (C=O) groups excluding carboxylic acids is 1. The minimum Gasteiger partial charge on any atom is -0.378 e. The van der Waals surface area contributed by atoms with Gasteiger partial charge in [-0.05, 0) is 45.7 Å². The summed E-state index contributed by atoms with van der Waals surface area (Å²) in [7, 11) is 0. The lowest BCUT2D eigenvalue weighted by Gasteiger charge is -2.42. The number of amides is 1. The molecule has 0 aromatic carbocycles. The molecule has 2 rings (SSSR count). The van der Waals surface area contributed by atoms with Gasteiger partial charge in [0.25, 0.3) is 0 Å². The number of morpholine rings is 1. The Labute approximate surface area is 146 Å². The molecule has 1 unspecified atom stereocenters. The van der Waals surface area contributed by atoms with Crippen LogP contribution in [0, 0.1) is 5.92 Å². The van der Waals surface area contributed by atoms with Crippen molar-refractivity contribution in [2.24, 2.45) is 5.92 Å². The predicted molar refractivity (Wildman–Crippen MR) is 94.2 cm³/mol. The zero-order valence-corrected chi connectivity index (χ0v) is 15.4. The first-order chi connectivity index (χ1) is 9.58. The van der Waals surface area contributed by atoms with Crippen LogP contribution in [-0.2, 0) is 9.53 Å². The average Bonchev–Trinajstić information content (AvgIpc) is 2.91. The van der Waals surface area contributed by atoms with Gasteiger partial charge < -0.3 is 15.4 Å². The molecule has 2 aliphatic heterocycles. The third-order valence-corrected chi connectivity index (χ3v) is 4.46. The van der Waals surface area contributed by atoms with Gasteiger partial charge in [0.05, 0.1) is 13.2 Å². The van der Waals surface area contributed by atoms with E-state index in [4.69, 9.17) is 4.74 Å². The molecule has 7 heteroatoms. The van der Waals surface area contributed by atoms with E-state index in [1.165, 1.54) is 6.42 Å². The summed E-state index contributed by atoms with van der Waals surface area (Å²) >= 11 is 0. The van der Waals surface area contributed by atoms with Gasteiger partial charge in [-0.1, -0.05) is 0 Å². The Bertz CT molecular complexity index is 324. The normalized spacial score (nSPS) is 24.2. The molecule has 0 bridgehead atoms. The fraction of sp³-hybridized carbons (Fsp3) is 0.933. The van der Waals surface area contributed by atoms with E-state index in [9.17, 15) is 4.79 Å². The highest BCUT2D eigenvalue weighted by Crippen LogP contribution is 2.18. The SMILES string of the molecule is CC1(C)COCCN1CCNC(=O)CCC1CCNC1.Cl.Cl. The van der Waals surface area contributed by atoms with Crippen molar-refractivity contribution in [3.05, 3.63) is 0 Å². The van der Waals surface area contributed by atoms with E-state index in [0.29, 0.717) is 12.3 Å². The van der Waals surface area contributed by atoms with Gasteiger partial charge in [0.1, 0.15) is 0 Å². The van der Waals surface area contributed by atoms with Gasteiger partial charge in [-0.3, -0.25) is 9.69 Å². The summed E-state index contributed by atoms with van der Waals surface area (Å²) in [5.41, 5.74) is 0.0818. The average molecular weight is 356 g/mol. The third kappa shape index (κ3) is 7.01. The lowest BCUT2D eigenvalue weighted by Crippen LogP contribution is -2.54. The first-order valence-electron chi connectivity index (χ1n) is 7.88. The number of nitrogens with one attached hydrogen (secondary N) is 2. The highest BCUT2D eigenvalue weighted by molar-refractivity contribution is 5.85. The maximum atomic E-state index is 11.8. The second-order valence-electron chi connectivity index (χ2n) is 6.60. The van der Waals surface area contributed by atoms with Crippen LogP contribution in [0.3, 0.4) is 0 Å². The van der Waals surface area contributed by atoms with Crippen LogP contribution in [0.1, 0.15) is 33.1 Å². The number of ether oxygens (including phenoxy) is 1. The van der Waals surface area contributed by atoms with Gasteiger partial charge >= 0.3 is 0 Å². The largest absolute Gasteiger partial charge is 0.378 e. The summed E-state index contributed by atoms with van der Waals surface area (Å²) in [6.07, 6.45) is 2.90. The molecule has 0 radical (unpaired) electrons. The molecular weight excluding hydrogens is 325 g/mol. The van der Waals surface area contributed by atoms with Crippen molar-refractivity contribution in [3.63, 3.8) is 0 Å². The third-order valence-electron chi connectivity index (χ3n) is 4.46. The Hall–Kier alpha value is -0.0700. The molecule has 2 heterocycles. The summed E-state index contributed by atoms with van der Waals surface area (Å²) in [6.45, 7) is 10.8. The highest BCUT2D eigenvalue weighted by atomic mass is 35.5. The molecule has 0 aromatic rings. The van der Waals surface area contributed by atoms with Gasteiger partial charge in [0.2, 0.25) is 5.91 Å². The van der Waals surface area contributed by atoms with Crippen molar-refractivity contribution in [3.8, 4) is 0 Å². The Morgan fingerprint density at radius 3 is 2.82 bits per heavy atom. The highest BCUT2D eigenvalue weighted by Gasteiger charge is 2.29. The molecule has 2 fully saturated rings. The van der Waals surface area contributed by atoms with E-state index in [1.54, 1.807) is 0 Å². The van der Waals surface area contributed by atoms with Crippen LogP contribution in [-0.4, -0.2) is 62.3 Å². The summed E-state index contributed by atoms with van der Waals surface area (Å²) in [5.74, 6) is 0.891. The molecule has 0 spiro atoms. The van der Waals surface area contributed by atoms with Gasteiger partial charge in [-0.2, -0.15) is 0 Å². The standard InChI is InChI=1S/C15H29N3O2.2ClH/c1-15(2)12-20-10-9-18(15)8-7-17-14(19)4-3-13-5-6-16-11-13;;/h13,16H,3-12H2,1-2H3,(H,17,19);2*1H. The van der Waals surface area contributed by atoms with E-state index in [1.807, 2.05) is 0 Å². The van der Waals surface area contributed by atoms with Crippen molar-refractivity contribution in [2.75, 3.05) is 45.9 Å². The van der Waals surface area contributed by atoms with Gasteiger partial charge in [0, 0.05) is 31.6 Å². The zero-order valence-electron chi connectivity index (χ0n) is 13.7. The topological polar surface area (TPSA) is 53.6 Å². The Kier molecular flexibility index (Phi) is 10.6. The number of hydrogen-bond acceptors (Lipinski definition) is 4. The fourth-order valence-corrected chi connectivity index (χ4v) is 3.02.